The molecule has 1 amide bonds. The van der Waals surface area contributed by atoms with Crippen LogP contribution in [0.25, 0.3) is 0 Å². The molecule has 2 unspecified atom stereocenters. The molecule has 0 aromatic rings. The summed E-state index contributed by atoms with van der Waals surface area (Å²) < 4.78 is 23.8. The molecule has 2 aliphatic heterocycles. The summed E-state index contributed by atoms with van der Waals surface area (Å²) in [6.07, 6.45) is -8.97. The van der Waals surface area contributed by atoms with E-state index in [1.165, 1.54) is 6.92 Å². The van der Waals surface area contributed by atoms with Crippen LogP contribution >= 0.6 is 0 Å². The Labute approximate surface area is 245 Å². The van der Waals surface area contributed by atoms with Crippen LogP contribution in [0.4, 0.5) is 0 Å². The topological polar surface area (TPSA) is 290 Å². The number of likely N-dealkylation sites (N-methyl/N-ethyl adjacent to an activating group) is 1. The van der Waals surface area contributed by atoms with Crippen molar-refractivity contribution in [2.45, 2.75) is 111 Å². The van der Waals surface area contributed by atoms with Crippen LogP contribution in [0, 0.1) is 0 Å². The van der Waals surface area contributed by atoms with Crippen molar-refractivity contribution in [2.75, 3.05) is 39.9 Å². The molecule has 1 aliphatic carbocycles. The van der Waals surface area contributed by atoms with Gasteiger partial charge in [-0.3, -0.25) is 4.79 Å². The number of amides is 1. The van der Waals surface area contributed by atoms with Gasteiger partial charge in [-0.2, -0.15) is 0 Å². The highest BCUT2D eigenvalue weighted by Gasteiger charge is 2.52. The van der Waals surface area contributed by atoms with E-state index < -0.39 is 84.9 Å². The fourth-order valence-corrected chi connectivity index (χ4v) is 5.63. The number of aliphatic hydroxyl groups is 6. The summed E-state index contributed by atoms with van der Waals surface area (Å²) in [5.41, 5.74) is 16.7. The van der Waals surface area contributed by atoms with Crippen molar-refractivity contribution >= 4 is 5.91 Å². The van der Waals surface area contributed by atoms with E-state index in [4.69, 9.17) is 41.3 Å². The third-order valence-electron chi connectivity index (χ3n) is 8.06. The number of carbonyl (C=O) groups excluding carboxylic acids is 1. The third-order valence-corrected chi connectivity index (χ3v) is 8.06. The molecule has 2 saturated heterocycles. The van der Waals surface area contributed by atoms with Gasteiger partial charge in [-0.25, -0.2) is 0 Å². The van der Waals surface area contributed by atoms with E-state index in [2.05, 4.69) is 16.0 Å². The van der Waals surface area contributed by atoms with Gasteiger partial charge < -0.3 is 82.7 Å². The van der Waals surface area contributed by atoms with Crippen LogP contribution in [-0.2, 0) is 23.7 Å². The third kappa shape index (κ3) is 8.74. The van der Waals surface area contributed by atoms with Gasteiger partial charge in [0, 0.05) is 25.7 Å². The number of hydrogen-bond donors (Lipinski definition) is 12. The second kappa shape index (κ2) is 15.7. The number of nitrogens with one attached hydrogen (secondary N) is 3. The molecule has 42 heavy (non-hydrogen) atoms. The second-order valence-electron chi connectivity index (χ2n) is 11.6. The molecule has 17 heteroatoms. The van der Waals surface area contributed by atoms with E-state index >= 15 is 0 Å². The maximum atomic E-state index is 12.5. The highest BCUT2D eigenvalue weighted by atomic mass is 16.7. The van der Waals surface area contributed by atoms with Gasteiger partial charge in [0.15, 0.2) is 12.6 Å². The number of rotatable bonds is 13. The van der Waals surface area contributed by atoms with Crippen molar-refractivity contribution in [1.82, 2.24) is 16.0 Å². The Morgan fingerprint density at radius 3 is 2.43 bits per heavy atom. The zero-order valence-electron chi connectivity index (χ0n) is 24.1. The summed E-state index contributed by atoms with van der Waals surface area (Å²) in [7, 11) is 1.56. The fourth-order valence-electron chi connectivity index (χ4n) is 5.63. The van der Waals surface area contributed by atoms with Crippen LogP contribution < -0.4 is 33.2 Å². The highest BCUT2D eigenvalue weighted by Crippen LogP contribution is 2.32. The van der Waals surface area contributed by atoms with Crippen molar-refractivity contribution < 1.29 is 54.4 Å². The summed E-state index contributed by atoms with van der Waals surface area (Å²) in [6.45, 7) is 1.12. The summed E-state index contributed by atoms with van der Waals surface area (Å²) >= 11 is 0. The molecule has 0 spiro atoms. The molecular weight excluding hydrogens is 560 g/mol. The van der Waals surface area contributed by atoms with Gasteiger partial charge in [0.05, 0.1) is 43.5 Å². The maximum Gasteiger partial charge on any atom is 0.250 e. The molecule has 246 valence electrons. The first-order chi connectivity index (χ1) is 19.8. The van der Waals surface area contributed by atoms with E-state index in [0.29, 0.717) is 19.4 Å². The van der Waals surface area contributed by atoms with Crippen LogP contribution in [0.1, 0.15) is 26.2 Å². The number of nitrogens with two attached hydrogens (primary N) is 3. The Morgan fingerprint density at radius 1 is 1.10 bits per heavy atom. The standard InChI is InChI=1S/C25H50N6O11/c1-25(38)10-39-24(18(36)21(25)29-2)42-20-15(31-22(37)16(34)6-26)5-14(28)19(17(20)35)41-23-13(27)4-3-12(40-23)8-30-7-11(33)9-32/h11-21,23-24,29-30,32-36,38H,3-10,26-28H2,1-2H3,(H,31,37)/t11?,12-,13+,14-,15+,16?,17-,18+,19+,20-,21+,23+,24+,25-/m0/s1. The average Bonchev–Trinajstić information content (AvgIpc) is 2.94. The smallest absolute Gasteiger partial charge is 0.250 e. The molecule has 3 aliphatic rings. The summed E-state index contributed by atoms with van der Waals surface area (Å²) in [5, 5.41) is 70.0. The Bertz CT molecular complexity index is 847. The van der Waals surface area contributed by atoms with Gasteiger partial charge in [-0.1, -0.05) is 0 Å². The SMILES string of the molecule is CN[C@@H]1[C@@H](O)[C@@H](O[C@@H]2[C@@H](O)[C@H](O[C@H]3O[C@H](CNCC(O)CO)CC[C@H]3N)[C@@H](N)C[C@H]2NC(=O)C(O)CN)OC[C@]1(C)O. The molecule has 3 rings (SSSR count). The molecule has 0 aromatic heterocycles. The van der Waals surface area contributed by atoms with Gasteiger partial charge in [-0.05, 0) is 33.2 Å². The predicted molar refractivity (Wildman–Crippen MR) is 146 cm³/mol. The van der Waals surface area contributed by atoms with Gasteiger partial charge >= 0.3 is 0 Å². The lowest BCUT2D eigenvalue weighted by Crippen LogP contribution is -2.69. The minimum Gasteiger partial charge on any atom is -0.394 e. The predicted octanol–water partition coefficient (Wildman–Crippen LogP) is -6.52. The Hall–Kier alpha value is -1.13. The molecule has 0 aromatic carbocycles. The van der Waals surface area contributed by atoms with Crippen LogP contribution in [0.3, 0.4) is 0 Å². The van der Waals surface area contributed by atoms with E-state index in [0.717, 1.165) is 0 Å². The Morgan fingerprint density at radius 2 is 1.79 bits per heavy atom. The average molecular weight is 611 g/mol. The molecule has 2 heterocycles. The van der Waals surface area contributed by atoms with Crippen molar-refractivity contribution in [3.8, 4) is 0 Å². The van der Waals surface area contributed by atoms with Gasteiger partial charge in [0.1, 0.15) is 36.1 Å². The molecule has 15 N–H and O–H groups in total. The first-order valence-corrected chi connectivity index (χ1v) is 14.4. The van der Waals surface area contributed by atoms with E-state index in [1.807, 2.05) is 0 Å². The summed E-state index contributed by atoms with van der Waals surface area (Å²) in [6, 6.07) is -3.15. The maximum absolute atomic E-state index is 12.5. The van der Waals surface area contributed by atoms with Crippen molar-refractivity contribution in [3.05, 3.63) is 0 Å². The van der Waals surface area contributed by atoms with Crippen LogP contribution in [-0.4, -0.2) is 162 Å². The monoisotopic (exact) mass is 610 g/mol. The first-order valence-electron chi connectivity index (χ1n) is 14.4. The molecule has 3 fully saturated rings. The van der Waals surface area contributed by atoms with Crippen LogP contribution in [0.2, 0.25) is 0 Å². The second-order valence-corrected chi connectivity index (χ2v) is 11.6. The molecule has 0 bridgehead atoms. The minimum absolute atomic E-state index is 0.0391. The fraction of sp³-hybridized carbons (Fsp3) is 0.960. The zero-order chi connectivity index (χ0) is 31.2. The lowest BCUT2D eigenvalue weighted by atomic mass is 9.83. The van der Waals surface area contributed by atoms with Crippen LogP contribution in [0.15, 0.2) is 0 Å². The minimum atomic E-state index is -1.51. The zero-order valence-corrected chi connectivity index (χ0v) is 24.1. The van der Waals surface area contributed by atoms with E-state index in [-0.39, 0.29) is 38.8 Å². The van der Waals surface area contributed by atoms with E-state index in [1.54, 1.807) is 7.05 Å². The van der Waals surface area contributed by atoms with Crippen molar-refractivity contribution in [2.24, 2.45) is 17.2 Å². The first kappa shape index (κ1) is 35.4. The number of hydrogen-bond acceptors (Lipinski definition) is 16. The quantitative estimate of drug-likeness (QED) is 0.0922. The molecular formula is C25H50N6O11. The van der Waals surface area contributed by atoms with Crippen molar-refractivity contribution in [3.63, 3.8) is 0 Å². The van der Waals surface area contributed by atoms with Gasteiger partial charge in [0.25, 0.3) is 0 Å². The normalized spacial score (nSPS) is 42.6. The lowest BCUT2D eigenvalue weighted by molar-refractivity contribution is -0.307. The molecule has 14 atom stereocenters. The van der Waals surface area contributed by atoms with Gasteiger partial charge in [0.2, 0.25) is 5.91 Å². The van der Waals surface area contributed by atoms with Gasteiger partial charge in [-0.15, -0.1) is 0 Å². The number of carbonyl (C=O) groups is 1. The number of aliphatic hydroxyl groups excluding tert-OH is 5. The summed E-state index contributed by atoms with van der Waals surface area (Å²) in [5.74, 6) is -0.796. The molecule has 0 radical (unpaired) electrons. The number of ether oxygens (including phenoxy) is 4. The molecule has 17 nitrogen and oxygen atoms in total. The molecule has 1 saturated carbocycles. The summed E-state index contributed by atoms with van der Waals surface area (Å²) in [4.78, 5) is 12.5. The largest absolute Gasteiger partial charge is 0.394 e. The highest BCUT2D eigenvalue weighted by molar-refractivity contribution is 5.81. The lowest BCUT2D eigenvalue weighted by Gasteiger charge is -2.49. The van der Waals surface area contributed by atoms with Crippen LogP contribution in [0.5, 0.6) is 0 Å². The Kier molecular flexibility index (Phi) is 13.2. The Balaban J connectivity index is 1.75. The van der Waals surface area contributed by atoms with E-state index in [9.17, 15) is 30.3 Å². The van der Waals surface area contributed by atoms with Crippen molar-refractivity contribution in [1.29, 1.82) is 0 Å².